The molecule has 1 aliphatic heterocycles. The van der Waals surface area contributed by atoms with Crippen molar-refractivity contribution in [2.45, 2.75) is 58.6 Å². The lowest BCUT2D eigenvalue weighted by atomic mass is 9.91. The summed E-state index contributed by atoms with van der Waals surface area (Å²) in [4.78, 5) is 0. The second kappa shape index (κ2) is 6.41. The zero-order valence-electron chi connectivity index (χ0n) is 9.88. The van der Waals surface area contributed by atoms with Crippen LogP contribution < -0.4 is 5.32 Å². The van der Waals surface area contributed by atoms with Crippen molar-refractivity contribution < 1.29 is 4.74 Å². The monoisotopic (exact) mass is 199 g/mol. The molecule has 14 heavy (non-hydrogen) atoms. The van der Waals surface area contributed by atoms with E-state index >= 15 is 0 Å². The SMILES string of the molecule is CCCC1OCCCC1CNC(C)C. The number of hydrogen-bond acceptors (Lipinski definition) is 2. The van der Waals surface area contributed by atoms with E-state index in [9.17, 15) is 0 Å². The van der Waals surface area contributed by atoms with E-state index in [0.717, 1.165) is 19.1 Å². The topological polar surface area (TPSA) is 21.3 Å². The summed E-state index contributed by atoms with van der Waals surface area (Å²) in [5.74, 6) is 0.742. The van der Waals surface area contributed by atoms with Crippen molar-refractivity contribution in [2.75, 3.05) is 13.2 Å². The van der Waals surface area contributed by atoms with E-state index in [2.05, 4.69) is 26.1 Å². The van der Waals surface area contributed by atoms with Crippen molar-refractivity contribution in [3.8, 4) is 0 Å². The fourth-order valence-electron chi connectivity index (χ4n) is 2.13. The largest absolute Gasteiger partial charge is 0.378 e. The zero-order valence-corrected chi connectivity index (χ0v) is 9.88. The van der Waals surface area contributed by atoms with Crippen LogP contribution in [0.5, 0.6) is 0 Å². The van der Waals surface area contributed by atoms with Crippen LogP contribution in [0.15, 0.2) is 0 Å². The lowest BCUT2D eigenvalue weighted by Gasteiger charge is -2.32. The van der Waals surface area contributed by atoms with E-state index in [1.54, 1.807) is 0 Å². The molecule has 0 spiro atoms. The van der Waals surface area contributed by atoms with Crippen LogP contribution >= 0.6 is 0 Å². The minimum Gasteiger partial charge on any atom is -0.378 e. The summed E-state index contributed by atoms with van der Waals surface area (Å²) in [6.07, 6.45) is 5.56. The van der Waals surface area contributed by atoms with Gasteiger partial charge in [0.2, 0.25) is 0 Å². The van der Waals surface area contributed by atoms with Gasteiger partial charge in [-0.25, -0.2) is 0 Å². The molecular formula is C12H25NO. The predicted molar refractivity (Wildman–Crippen MR) is 60.5 cm³/mol. The van der Waals surface area contributed by atoms with Gasteiger partial charge in [-0.3, -0.25) is 0 Å². The number of hydrogen-bond donors (Lipinski definition) is 1. The first kappa shape index (κ1) is 12.0. The average molecular weight is 199 g/mol. The summed E-state index contributed by atoms with van der Waals surface area (Å²) in [5, 5.41) is 3.52. The molecule has 84 valence electrons. The van der Waals surface area contributed by atoms with Crippen molar-refractivity contribution in [2.24, 2.45) is 5.92 Å². The first-order valence-electron chi connectivity index (χ1n) is 6.09. The minimum absolute atomic E-state index is 0.514. The van der Waals surface area contributed by atoms with Crippen molar-refractivity contribution in [1.82, 2.24) is 5.32 Å². The van der Waals surface area contributed by atoms with E-state index in [1.165, 1.54) is 25.7 Å². The van der Waals surface area contributed by atoms with Crippen LogP contribution in [0.3, 0.4) is 0 Å². The molecule has 2 heteroatoms. The normalized spacial score (nSPS) is 28.3. The molecule has 1 fully saturated rings. The molecule has 1 aliphatic rings. The molecule has 1 saturated heterocycles. The van der Waals surface area contributed by atoms with Gasteiger partial charge < -0.3 is 10.1 Å². The summed E-state index contributed by atoms with van der Waals surface area (Å²) in [6, 6.07) is 0.596. The zero-order chi connectivity index (χ0) is 10.4. The van der Waals surface area contributed by atoms with Gasteiger partial charge in [-0.05, 0) is 25.2 Å². The third kappa shape index (κ3) is 3.97. The molecule has 0 radical (unpaired) electrons. The highest BCUT2D eigenvalue weighted by Gasteiger charge is 2.24. The molecule has 1 rings (SSSR count). The lowest BCUT2D eigenvalue weighted by Crippen LogP contribution is -2.38. The van der Waals surface area contributed by atoms with Gasteiger partial charge >= 0.3 is 0 Å². The van der Waals surface area contributed by atoms with E-state index in [-0.39, 0.29) is 0 Å². The van der Waals surface area contributed by atoms with E-state index in [4.69, 9.17) is 4.74 Å². The van der Waals surface area contributed by atoms with Crippen LogP contribution in [-0.4, -0.2) is 25.3 Å². The molecule has 2 unspecified atom stereocenters. The Morgan fingerprint density at radius 1 is 1.43 bits per heavy atom. The summed E-state index contributed by atoms with van der Waals surface area (Å²) in [6.45, 7) is 8.76. The molecule has 0 aromatic heterocycles. The fraction of sp³-hybridized carbons (Fsp3) is 1.00. The Bertz CT molecular complexity index is 145. The van der Waals surface area contributed by atoms with Gasteiger partial charge in [0.25, 0.3) is 0 Å². The summed E-state index contributed by atoms with van der Waals surface area (Å²) >= 11 is 0. The standard InChI is InChI=1S/C12H25NO/c1-4-6-12-11(7-5-8-14-12)9-13-10(2)3/h10-13H,4-9H2,1-3H3. The van der Waals surface area contributed by atoms with Gasteiger partial charge in [0.05, 0.1) is 6.10 Å². The van der Waals surface area contributed by atoms with Gasteiger partial charge in [-0.2, -0.15) is 0 Å². The Morgan fingerprint density at radius 3 is 2.86 bits per heavy atom. The lowest BCUT2D eigenvalue weighted by molar-refractivity contribution is -0.0308. The van der Waals surface area contributed by atoms with E-state index in [1.807, 2.05) is 0 Å². The van der Waals surface area contributed by atoms with E-state index < -0.39 is 0 Å². The van der Waals surface area contributed by atoms with Crippen molar-refractivity contribution in [3.05, 3.63) is 0 Å². The quantitative estimate of drug-likeness (QED) is 0.735. The average Bonchev–Trinajstić information content (AvgIpc) is 2.17. The fourth-order valence-corrected chi connectivity index (χ4v) is 2.13. The molecule has 2 nitrogen and oxygen atoms in total. The Labute approximate surface area is 88.4 Å². The molecule has 0 aromatic rings. The minimum atomic E-state index is 0.514. The predicted octanol–water partition coefficient (Wildman–Crippen LogP) is 2.58. The molecule has 0 bridgehead atoms. The van der Waals surface area contributed by atoms with Gasteiger partial charge in [-0.1, -0.05) is 27.2 Å². The second-order valence-corrected chi connectivity index (χ2v) is 4.66. The van der Waals surface area contributed by atoms with Crippen LogP contribution in [0.4, 0.5) is 0 Å². The molecule has 0 saturated carbocycles. The van der Waals surface area contributed by atoms with Crippen LogP contribution in [0, 0.1) is 5.92 Å². The highest BCUT2D eigenvalue weighted by atomic mass is 16.5. The van der Waals surface area contributed by atoms with Crippen molar-refractivity contribution >= 4 is 0 Å². The molecule has 0 aromatic carbocycles. The molecule has 0 amide bonds. The third-order valence-corrected chi connectivity index (χ3v) is 2.94. The maximum atomic E-state index is 5.82. The van der Waals surface area contributed by atoms with Gasteiger partial charge in [0, 0.05) is 19.2 Å². The summed E-state index contributed by atoms with van der Waals surface area (Å²) in [7, 11) is 0. The van der Waals surface area contributed by atoms with E-state index in [0.29, 0.717) is 12.1 Å². The smallest absolute Gasteiger partial charge is 0.0615 e. The van der Waals surface area contributed by atoms with Crippen molar-refractivity contribution in [3.63, 3.8) is 0 Å². The van der Waals surface area contributed by atoms with Gasteiger partial charge in [0.15, 0.2) is 0 Å². The highest BCUT2D eigenvalue weighted by Crippen LogP contribution is 2.23. The molecule has 1 N–H and O–H groups in total. The first-order chi connectivity index (χ1) is 6.74. The molecular weight excluding hydrogens is 174 g/mol. The van der Waals surface area contributed by atoms with Crippen LogP contribution in [-0.2, 0) is 4.74 Å². The maximum Gasteiger partial charge on any atom is 0.0615 e. The van der Waals surface area contributed by atoms with Gasteiger partial charge in [-0.15, -0.1) is 0 Å². The highest BCUT2D eigenvalue weighted by molar-refractivity contribution is 4.76. The Hall–Kier alpha value is -0.0800. The van der Waals surface area contributed by atoms with Crippen LogP contribution in [0.25, 0.3) is 0 Å². The number of nitrogens with one attached hydrogen (secondary N) is 1. The van der Waals surface area contributed by atoms with Crippen molar-refractivity contribution in [1.29, 1.82) is 0 Å². The van der Waals surface area contributed by atoms with Crippen LogP contribution in [0.1, 0.15) is 46.5 Å². The van der Waals surface area contributed by atoms with Gasteiger partial charge in [0.1, 0.15) is 0 Å². The molecule has 0 aliphatic carbocycles. The second-order valence-electron chi connectivity index (χ2n) is 4.66. The van der Waals surface area contributed by atoms with Crippen LogP contribution in [0.2, 0.25) is 0 Å². The summed E-state index contributed by atoms with van der Waals surface area (Å²) in [5.41, 5.74) is 0. The third-order valence-electron chi connectivity index (χ3n) is 2.94. The molecule has 1 heterocycles. The Kier molecular flexibility index (Phi) is 5.49. The Morgan fingerprint density at radius 2 is 2.21 bits per heavy atom. The maximum absolute atomic E-state index is 5.82. The summed E-state index contributed by atoms with van der Waals surface area (Å²) < 4.78 is 5.82. The number of ether oxygens (including phenoxy) is 1. The first-order valence-corrected chi connectivity index (χ1v) is 6.09. The molecule has 2 atom stereocenters. The Balaban J connectivity index is 2.30. The number of rotatable bonds is 5.